The van der Waals surface area contributed by atoms with Gasteiger partial charge in [0.1, 0.15) is 5.75 Å². The highest BCUT2D eigenvalue weighted by Gasteiger charge is 1.96. The lowest BCUT2D eigenvalue weighted by atomic mass is 10.1. The van der Waals surface area contributed by atoms with Crippen molar-refractivity contribution in [3.8, 4) is 11.8 Å². The van der Waals surface area contributed by atoms with E-state index < -0.39 is 0 Å². The van der Waals surface area contributed by atoms with Crippen molar-refractivity contribution in [3.63, 3.8) is 0 Å². The van der Waals surface area contributed by atoms with Gasteiger partial charge in [0.2, 0.25) is 0 Å². The van der Waals surface area contributed by atoms with Crippen LogP contribution in [0.3, 0.4) is 0 Å². The molecule has 0 heterocycles. The van der Waals surface area contributed by atoms with Gasteiger partial charge in [-0.05, 0) is 29.3 Å². The van der Waals surface area contributed by atoms with E-state index in [1.807, 2.05) is 24.3 Å². The van der Waals surface area contributed by atoms with Crippen LogP contribution in [0.25, 0.3) is 10.8 Å². The molecule has 2 aromatic carbocycles. The van der Waals surface area contributed by atoms with E-state index in [2.05, 4.69) is 24.3 Å². The summed E-state index contributed by atoms with van der Waals surface area (Å²) in [6, 6.07) is 16.3. The summed E-state index contributed by atoms with van der Waals surface area (Å²) < 4.78 is 5.57. The van der Waals surface area contributed by atoms with Crippen LogP contribution in [0, 0.1) is 11.3 Å². The van der Waals surface area contributed by atoms with Gasteiger partial charge in [-0.3, -0.25) is 0 Å². The molecule has 2 nitrogen and oxygen atoms in total. The molecule has 0 fully saturated rings. The molecule has 80 valence electrons. The van der Waals surface area contributed by atoms with Gasteiger partial charge in [0.05, 0.1) is 12.7 Å². The molecule has 0 saturated heterocycles. The van der Waals surface area contributed by atoms with Crippen molar-refractivity contribution >= 4 is 10.8 Å². The fourth-order valence-electron chi connectivity index (χ4n) is 1.60. The zero-order valence-corrected chi connectivity index (χ0v) is 9.02. The highest BCUT2D eigenvalue weighted by Crippen LogP contribution is 2.20. The van der Waals surface area contributed by atoms with E-state index in [9.17, 15) is 0 Å². The minimum atomic E-state index is 0.549. The van der Waals surface area contributed by atoms with Gasteiger partial charge in [-0.25, -0.2) is 0 Å². The van der Waals surface area contributed by atoms with E-state index >= 15 is 0 Å². The van der Waals surface area contributed by atoms with Crippen LogP contribution in [0.15, 0.2) is 42.5 Å². The average Bonchev–Trinajstić information content (AvgIpc) is 2.34. The second-order valence-electron chi connectivity index (χ2n) is 3.62. The van der Waals surface area contributed by atoms with Crippen LogP contribution < -0.4 is 4.74 Å². The molecule has 0 unspecified atom stereocenters. The maximum atomic E-state index is 8.40. The fourth-order valence-corrected chi connectivity index (χ4v) is 1.60. The molecule has 0 saturated carbocycles. The SMILES string of the molecule is N#CCCCOc1ccc2ccccc2c1. The molecule has 0 aliphatic heterocycles. The highest BCUT2D eigenvalue weighted by molar-refractivity contribution is 5.83. The third kappa shape index (κ3) is 2.52. The number of nitriles is 1. The predicted octanol–water partition coefficient (Wildman–Crippen LogP) is 3.52. The smallest absolute Gasteiger partial charge is 0.119 e. The number of hydrogen-bond acceptors (Lipinski definition) is 2. The molecule has 0 radical (unpaired) electrons. The third-order valence-corrected chi connectivity index (χ3v) is 2.42. The lowest BCUT2D eigenvalue weighted by Crippen LogP contribution is -1.96. The van der Waals surface area contributed by atoms with E-state index in [4.69, 9.17) is 10.00 Å². The van der Waals surface area contributed by atoms with Crippen LogP contribution in [0.2, 0.25) is 0 Å². The summed E-state index contributed by atoms with van der Waals surface area (Å²) in [6.07, 6.45) is 1.33. The molecule has 0 amide bonds. The maximum absolute atomic E-state index is 8.40. The molecule has 0 N–H and O–H groups in total. The van der Waals surface area contributed by atoms with E-state index in [1.54, 1.807) is 0 Å². The Labute approximate surface area is 95.1 Å². The van der Waals surface area contributed by atoms with Gasteiger partial charge in [0.25, 0.3) is 0 Å². The van der Waals surface area contributed by atoms with Crippen molar-refractivity contribution in [2.45, 2.75) is 12.8 Å². The first kappa shape index (κ1) is 10.5. The second-order valence-corrected chi connectivity index (χ2v) is 3.62. The molecular weight excluding hydrogens is 198 g/mol. The summed E-state index contributed by atoms with van der Waals surface area (Å²) in [7, 11) is 0. The zero-order valence-electron chi connectivity index (χ0n) is 9.02. The molecule has 0 aliphatic carbocycles. The van der Waals surface area contributed by atoms with Gasteiger partial charge in [0, 0.05) is 6.42 Å². The summed E-state index contributed by atoms with van der Waals surface area (Å²) >= 11 is 0. The van der Waals surface area contributed by atoms with Gasteiger partial charge in [0.15, 0.2) is 0 Å². The lowest BCUT2D eigenvalue weighted by Gasteiger charge is -2.05. The van der Waals surface area contributed by atoms with E-state index in [-0.39, 0.29) is 0 Å². The Kier molecular flexibility index (Phi) is 3.40. The maximum Gasteiger partial charge on any atom is 0.119 e. The summed E-state index contributed by atoms with van der Waals surface area (Å²) in [5.41, 5.74) is 0. The zero-order chi connectivity index (χ0) is 11.2. The number of hydrogen-bond donors (Lipinski definition) is 0. The van der Waals surface area contributed by atoms with Gasteiger partial charge in [-0.15, -0.1) is 0 Å². The van der Waals surface area contributed by atoms with Crippen molar-refractivity contribution in [1.82, 2.24) is 0 Å². The molecule has 0 spiro atoms. The quantitative estimate of drug-likeness (QED) is 0.725. The first-order valence-corrected chi connectivity index (χ1v) is 5.39. The number of rotatable bonds is 4. The Morgan fingerprint density at radius 1 is 1.06 bits per heavy atom. The standard InChI is InChI=1S/C14H13NO/c15-9-3-4-10-16-14-8-7-12-5-1-2-6-13(12)11-14/h1-2,5-8,11H,3-4,10H2. The van der Waals surface area contributed by atoms with Gasteiger partial charge < -0.3 is 4.74 Å². The first-order valence-electron chi connectivity index (χ1n) is 5.39. The van der Waals surface area contributed by atoms with Crippen molar-refractivity contribution in [3.05, 3.63) is 42.5 Å². The molecule has 2 rings (SSSR count). The summed E-state index contributed by atoms with van der Waals surface area (Å²) in [5.74, 6) is 0.872. The van der Waals surface area contributed by atoms with Crippen molar-refractivity contribution < 1.29 is 4.74 Å². The van der Waals surface area contributed by atoms with E-state index in [1.165, 1.54) is 10.8 Å². The Morgan fingerprint density at radius 3 is 2.69 bits per heavy atom. The molecule has 0 bridgehead atoms. The monoisotopic (exact) mass is 211 g/mol. The van der Waals surface area contributed by atoms with E-state index in [0.29, 0.717) is 13.0 Å². The van der Waals surface area contributed by atoms with Crippen molar-refractivity contribution in [2.24, 2.45) is 0 Å². The van der Waals surface area contributed by atoms with Crippen molar-refractivity contribution in [1.29, 1.82) is 5.26 Å². The fraction of sp³-hybridized carbons (Fsp3) is 0.214. The van der Waals surface area contributed by atoms with Gasteiger partial charge in [-0.1, -0.05) is 30.3 Å². The Hall–Kier alpha value is -2.01. The van der Waals surface area contributed by atoms with Crippen LogP contribution in [0.4, 0.5) is 0 Å². The number of unbranched alkanes of at least 4 members (excludes halogenated alkanes) is 1. The largest absolute Gasteiger partial charge is 0.494 e. The predicted molar refractivity (Wildman–Crippen MR) is 64.3 cm³/mol. The Morgan fingerprint density at radius 2 is 1.88 bits per heavy atom. The molecule has 2 heteroatoms. The molecule has 2 aromatic rings. The third-order valence-electron chi connectivity index (χ3n) is 2.42. The van der Waals surface area contributed by atoms with Gasteiger partial charge >= 0.3 is 0 Å². The molecule has 0 atom stereocenters. The molecule has 0 aromatic heterocycles. The summed E-state index contributed by atoms with van der Waals surface area (Å²) in [4.78, 5) is 0. The minimum absolute atomic E-state index is 0.549. The highest BCUT2D eigenvalue weighted by atomic mass is 16.5. The molecule has 0 aliphatic rings. The molecular formula is C14H13NO. The van der Waals surface area contributed by atoms with Crippen LogP contribution in [-0.2, 0) is 0 Å². The minimum Gasteiger partial charge on any atom is -0.494 e. The van der Waals surface area contributed by atoms with Crippen molar-refractivity contribution in [2.75, 3.05) is 6.61 Å². The number of nitrogens with zero attached hydrogens (tertiary/aromatic N) is 1. The number of ether oxygens (including phenoxy) is 1. The summed E-state index contributed by atoms with van der Waals surface area (Å²) in [5, 5.41) is 10.8. The van der Waals surface area contributed by atoms with Crippen LogP contribution in [0.1, 0.15) is 12.8 Å². The normalized spacial score (nSPS) is 9.94. The molecule has 16 heavy (non-hydrogen) atoms. The summed E-state index contributed by atoms with van der Waals surface area (Å²) in [6.45, 7) is 0.603. The van der Waals surface area contributed by atoms with Crippen LogP contribution in [0.5, 0.6) is 5.75 Å². The first-order chi connectivity index (χ1) is 7.90. The number of fused-ring (bicyclic) bond motifs is 1. The second kappa shape index (κ2) is 5.18. The van der Waals surface area contributed by atoms with Crippen LogP contribution >= 0.6 is 0 Å². The average molecular weight is 211 g/mol. The lowest BCUT2D eigenvalue weighted by molar-refractivity contribution is 0.313. The Bertz CT molecular complexity index is 513. The van der Waals surface area contributed by atoms with Gasteiger partial charge in [-0.2, -0.15) is 5.26 Å². The topological polar surface area (TPSA) is 33.0 Å². The number of benzene rings is 2. The van der Waals surface area contributed by atoms with E-state index in [0.717, 1.165) is 12.2 Å². The van der Waals surface area contributed by atoms with Crippen LogP contribution in [-0.4, -0.2) is 6.61 Å². The Balaban J connectivity index is 2.05.